The van der Waals surface area contributed by atoms with Crippen molar-refractivity contribution in [3.05, 3.63) is 95.8 Å². The highest BCUT2D eigenvalue weighted by Crippen LogP contribution is 2.22. The number of ketones is 1. The SMILES string of the molecule is O=C(CN1CCSC1)N[C@@H](COCc1ccccc1)C(=O)Cc1ccc(Oc2ccc(F)cc2)cc1. The van der Waals surface area contributed by atoms with Crippen LogP contribution >= 0.6 is 11.8 Å². The maximum absolute atomic E-state index is 13.2. The van der Waals surface area contributed by atoms with Crippen LogP contribution in [0.25, 0.3) is 0 Å². The van der Waals surface area contributed by atoms with Crippen LogP contribution in [0.4, 0.5) is 4.39 Å². The van der Waals surface area contributed by atoms with Crippen molar-refractivity contribution in [2.45, 2.75) is 19.1 Å². The third-order valence-electron chi connectivity index (χ3n) is 5.66. The first-order valence-corrected chi connectivity index (χ1v) is 13.0. The molecule has 188 valence electrons. The first-order chi connectivity index (χ1) is 17.5. The molecule has 0 bridgehead atoms. The van der Waals surface area contributed by atoms with Gasteiger partial charge in [0.15, 0.2) is 5.78 Å². The largest absolute Gasteiger partial charge is 0.457 e. The maximum Gasteiger partial charge on any atom is 0.234 e. The van der Waals surface area contributed by atoms with Gasteiger partial charge in [-0.3, -0.25) is 14.5 Å². The Morgan fingerprint density at radius 3 is 2.31 bits per heavy atom. The molecule has 0 radical (unpaired) electrons. The molecule has 1 saturated heterocycles. The summed E-state index contributed by atoms with van der Waals surface area (Å²) in [5.74, 6) is 2.30. The van der Waals surface area contributed by atoms with Crippen LogP contribution in [0.15, 0.2) is 78.9 Å². The van der Waals surface area contributed by atoms with Crippen LogP contribution in [0.5, 0.6) is 11.5 Å². The van der Waals surface area contributed by atoms with E-state index in [9.17, 15) is 14.0 Å². The average molecular weight is 509 g/mol. The zero-order valence-corrected chi connectivity index (χ0v) is 20.7. The third kappa shape index (κ3) is 8.19. The molecule has 1 amide bonds. The minimum Gasteiger partial charge on any atom is -0.457 e. The van der Waals surface area contributed by atoms with Crippen molar-refractivity contribution in [2.24, 2.45) is 0 Å². The summed E-state index contributed by atoms with van der Waals surface area (Å²) in [4.78, 5) is 27.8. The van der Waals surface area contributed by atoms with Crippen LogP contribution in [0.2, 0.25) is 0 Å². The molecule has 1 fully saturated rings. The fourth-order valence-electron chi connectivity index (χ4n) is 3.74. The second-order valence-corrected chi connectivity index (χ2v) is 9.63. The minimum absolute atomic E-state index is 0.0972. The molecule has 1 aliphatic rings. The first-order valence-electron chi connectivity index (χ1n) is 11.8. The van der Waals surface area contributed by atoms with Gasteiger partial charge in [-0.1, -0.05) is 42.5 Å². The summed E-state index contributed by atoms with van der Waals surface area (Å²) < 4.78 is 24.6. The Hall–Kier alpha value is -3.20. The zero-order chi connectivity index (χ0) is 25.2. The molecule has 36 heavy (non-hydrogen) atoms. The number of thioether (sulfide) groups is 1. The normalized spacial score (nSPS) is 14.4. The minimum atomic E-state index is -0.744. The summed E-state index contributed by atoms with van der Waals surface area (Å²) in [6.07, 6.45) is 0.149. The molecule has 8 heteroatoms. The molecule has 0 unspecified atom stereocenters. The predicted molar refractivity (Wildman–Crippen MR) is 139 cm³/mol. The van der Waals surface area contributed by atoms with Gasteiger partial charge >= 0.3 is 0 Å². The first kappa shape index (κ1) is 25.9. The highest BCUT2D eigenvalue weighted by molar-refractivity contribution is 7.99. The molecule has 1 atom stereocenters. The highest BCUT2D eigenvalue weighted by Gasteiger charge is 2.23. The van der Waals surface area contributed by atoms with E-state index in [1.165, 1.54) is 12.1 Å². The van der Waals surface area contributed by atoms with Crippen LogP contribution in [-0.4, -0.2) is 54.0 Å². The fraction of sp³-hybridized carbons (Fsp3) is 0.286. The fourth-order valence-corrected chi connectivity index (χ4v) is 4.74. The summed E-state index contributed by atoms with van der Waals surface area (Å²) in [6.45, 7) is 1.59. The molecule has 1 heterocycles. The molecule has 6 nitrogen and oxygen atoms in total. The Balaban J connectivity index is 1.34. The molecule has 0 aliphatic carbocycles. The van der Waals surface area contributed by atoms with Crippen LogP contribution in [0.3, 0.4) is 0 Å². The standard InChI is InChI=1S/C28H29FN2O4S/c29-23-8-12-25(13-9-23)35-24-10-6-21(7-11-24)16-27(32)26(19-34-18-22-4-2-1-3-5-22)30-28(33)17-31-14-15-36-20-31/h1-13,26H,14-20H2,(H,30,33)/t26-/m0/s1. The summed E-state index contributed by atoms with van der Waals surface area (Å²) in [5, 5.41) is 2.88. The van der Waals surface area contributed by atoms with E-state index in [4.69, 9.17) is 9.47 Å². The Morgan fingerprint density at radius 1 is 0.944 bits per heavy atom. The van der Waals surface area contributed by atoms with Crippen molar-refractivity contribution in [3.63, 3.8) is 0 Å². The number of ether oxygens (including phenoxy) is 2. The van der Waals surface area contributed by atoms with Crippen molar-refractivity contribution in [1.82, 2.24) is 10.2 Å². The van der Waals surface area contributed by atoms with Gasteiger partial charge in [0.05, 0.1) is 19.8 Å². The summed E-state index contributed by atoms with van der Waals surface area (Å²) in [6, 6.07) is 21.9. The number of halogens is 1. The van der Waals surface area contributed by atoms with Gasteiger partial charge in [0, 0.05) is 24.6 Å². The Kier molecular flexibility index (Phi) is 9.49. The molecule has 3 aromatic carbocycles. The molecule has 1 aliphatic heterocycles. The second kappa shape index (κ2) is 13.2. The number of hydrogen-bond donors (Lipinski definition) is 1. The molecule has 0 aromatic heterocycles. The maximum atomic E-state index is 13.2. The van der Waals surface area contributed by atoms with Gasteiger partial charge < -0.3 is 14.8 Å². The van der Waals surface area contributed by atoms with Crippen molar-refractivity contribution < 1.29 is 23.5 Å². The van der Waals surface area contributed by atoms with E-state index in [2.05, 4.69) is 10.2 Å². The number of carbonyl (C=O) groups excluding carboxylic acids is 2. The third-order valence-corrected chi connectivity index (χ3v) is 6.68. The molecule has 3 aromatic rings. The Labute approximate surface area is 214 Å². The van der Waals surface area contributed by atoms with Gasteiger partial charge in [-0.2, -0.15) is 0 Å². The summed E-state index contributed by atoms with van der Waals surface area (Å²) >= 11 is 1.79. The lowest BCUT2D eigenvalue weighted by Crippen LogP contribution is -2.48. The number of nitrogens with zero attached hydrogens (tertiary/aromatic N) is 1. The topological polar surface area (TPSA) is 67.9 Å². The van der Waals surface area contributed by atoms with Gasteiger partial charge in [0.25, 0.3) is 0 Å². The molecular weight excluding hydrogens is 479 g/mol. The van der Waals surface area contributed by atoms with Gasteiger partial charge in [0.2, 0.25) is 5.91 Å². The number of hydrogen-bond acceptors (Lipinski definition) is 6. The quantitative estimate of drug-likeness (QED) is 0.390. The lowest BCUT2D eigenvalue weighted by Gasteiger charge is -2.20. The van der Waals surface area contributed by atoms with Gasteiger partial charge in [-0.15, -0.1) is 11.8 Å². The van der Waals surface area contributed by atoms with E-state index in [1.54, 1.807) is 36.0 Å². The number of nitrogens with one attached hydrogen (secondary N) is 1. The Morgan fingerprint density at radius 2 is 1.64 bits per heavy atom. The van der Waals surface area contributed by atoms with Crippen molar-refractivity contribution in [1.29, 1.82) is 0 Å². The number of amides is 1. The van der Waals surface area contributed by atoms with E-state index in [0.29, 0.717) is 18.1 Å². The van der Waals surface area contributed by atoms with E-state index in [0.717, 1.165) is 29.3 Å². The number of Topliss-reactive ketones (excluding diaryl/α,β-unsaturated/α-hetero) is 1. The molecule has 1 N–H and O–H groups in total. The van der Waals surface area contributed by atoms with Crippen LogP contribution in [0, 0.1) is 5.82 Å². The molecular formula is C28H29FN2O4S. The second-order valence-electron chi connectivity index (χ2n) is 8.55. The zero-order valence-electron chi connectivity index (χ0n) is 19.9. The van der Waals surface area contributed by atoms with Crippen molar-refractivity contribution in [2.75, 3.05) is 31.3 Å². The van der Waals surface area contributed by atoms with E-state index in [1.807, 2.05) is 42.5 Å². The van der Waals surface area contributed by atoms with Crippen molar-refractivity contribution >= 4 is 23.5 Å². The highest BCUT2D eigenvalue weighted by atomic mass is 32.2. The lowest BCUT2D eigenvalue weighted by atomic mass is 10.0. The Bertz CT molecular complexity index is 1120. The number of rotatable bonds is 12. The molecule has 4 rings (SSSR count). The summed E-state index contributed by atoms with van der Waals surface area (Å²) in [5.41, 5.74) is 1.80. The van der Waals surface area contributed by atoms with E-state index < -0.39 is 6.04 Å². The van der Waals surface area contributed by atoms with Crippen LogP contribution in [0.1, 0.15) is 11.1 Å². The number of benzene rings is 3. The molecule has 0 saturated carbocycles. The van der Waals surface area contributed by atoms with E-state index in [-0.39, 0.29) is 37.1 Å². The smallest absolute Gasteiger partial charge is 0.234 e. The van der Waals surface area contributed by atoms with Crippen LogP contribution < -0.4 is 10.1 Å². The monoisotopic (exact) mass is 508 g/mol. The summed E-state index contributed by atoms with van der Waals surface area (Å²) in [7, 11) is 0. The average Bonchev–Trinajstić information content (AvgIpc) is 3.39. The number of carbonyl (C=O) groups is 2. The molecule has 0 spiro atoms. The van der Waals surface area contributed by atoms with Crippen molar-refractivity contribution in [3.8, 4) is 11.5 Å². The predicted octanol–water partition coefficient (Wildman–Crippen LogP) is 4.44. The lowest BCUT2D eigenvalue weighted by molar-refractivity contribution is -0.129. The van der Waals surface area contributed by atoms with Gasteiger partial charge in [0.1, 0.15) is 23.4 Å². The van der Waals surface area contributed by atoms with E-state index >= 15 is 0 Å². The van der Waals surface area contributed by atoms with Gasteiger partial charge in [-0.25, -0.2) is 4.39 Å². The van der Waals surface area contributed by atoms with Gasteiger partial charge in [-0.05, 0) is 47.5 Å². The van der Waals surface area contributed by atoms with Crippen LogP contribution in [-0.2, 0) is 27.4 Å².